The summed E-state index contributed by atoms with van der Waals surface area (Å²) in [7, 11) is 17.8. The predicted octanol–water partition coefficient (Wildman–Crippen LogP) is -0.602. The molecule has 0 aromatic carbocycles. The third-order valence-electron chi connectivity index (χ3n) is 5.39. The molecule has 55 heavy (non-hydrogen) atoms. The number of carbonyl (C=O) groups excluding carboxylic acids is 6. The Morgan fingerprint density at radius 2 is 1.04 bits per heavy atom. The van der Waals surface area contributed by atoms with Crippen LogP contribution >= 0.6 is 0 Å². The summed E-state index contributed by atoms with van der Waals surface area (Å²) in [5.74, 6) is -4.09. The molecule has 2 aromatic rings. The van der Waals surface area contributed by atoms with Gasteiger partial charge in [-0.15, -0.1) is 0 Å². The van der Waals surface area contributed by atoms with Gasteiger partial charge >= 0.3 is 35.8 Å². The van der Waals surface area contributed by atoms with Crippen molar-refractivity contribution >= 4 is 42.2 Å². The number of hydrogen-bond acceptors (Lipinski definition) is 22. The lowest BCUT2D eigenvalue weighted by Gasteiger charge is -2.08. The van der Waals surface area contributed by atoms with Crippen molar-refractivity contribution in [3.63, 3.8) is 0 Å². The monoisotopic (exact) mass is 798 g/mol. The Morgan fingerprint density at radius 1 is 0.655 bits per heavy atom. The summed E-state index contributed by atoms with van der Waals surface area (Å²) in [6.07, 6.45) is 3.80. The number of methoxy groups -OCH3 is 11. The molecule has 2 rings (SSSR count). The van der Waals surface area contributed by atoms with Gasteiger partial charge in [-0.25, -0.2) is 43.7 Å². The lowest BCUT2D eigenvalue weighted by atomic mass is 10.3. The van der Waals surface area contributed by atoms with E-state index in [1.165, 1.54) is 67.0 Å². The second-order valence-corrected chi connectivity index (χ2v) is 8.68. The first kappa shape index (κ1) is 55.9. The highest BCUT2D eigenvalue weighted by atomic mass is 16.8. The van der Waals surface area contributed by atoms with Gasteiger partial charge in [0.15, 0.2) is 6.40 Å². The van der Waals surface area contributed by atoms with Gasteiger partial charge in [0, 0.05) is 35.4 Å². The number of ether oxygens (including phenoxy) is 11. The standard InChI is InChI=1S/C7H10N2O3.C7H11NO5.C6H8N2O3.C5H9NO4.C4H10O3.C2H6/c1-9-4-8-5(6(9)11-2)7(10)12-3;1-11-4-8-5(6(9)12-2)7(10)13-3;1-8-3-7-4(5(8)9)6(10)11-2;1-9-4(7)3(6)5(8)10-2;1-5-4(6-2)7-3;1-2/h4H,1-3H3;4-5H,1-3H3;3,9H,1-2H3;3H,6H2,1-2H3;4H,1-3H3;1-2H3. The highest BCUT2D eigenvalue weighted by molar-refractivity contribution is 6.00. The van der Waals surface area contributed by atoms with Crippen molar-refractivity contribution in [3.8, 4) is 11.8 Å². The van der Waals surface area contributed by atoms with Gasteiger partial charge in [0.2, 0.25) is 35.2 Å². The molecule has 0 saturated carbocycles. The van der Waals surface area contributed by atoms with Crippen LogP contribution in [-0.2, 0) is 80.6 Å². The van der Waals surface area contributed by atoms with E-state index in [0.717, 1.165) is 34.8 Å². The zero-order valence-electron chi connectivity index (χ0n) is 33.7. The Balaban J connectivity index is -0.000000295. The zero-order chi connectivity index (χ0) is 43.7. The molecule has 0 saturated heterocycles. The lowest BCUT2D eigenvalue weighted by molar-refractivity contribution is -0.252. The SMILES string of the molecule is CC.COC(=O)C(N)C(=O)OC.COC(=O)c1ncn(C)c1O.COC(=O)c1ncn(C)c1OC.COC(OC)OC.COC=NC(C(=O)OC)C(=O)OC. The number of aromatic hydroxyl groups is 1. The average Bonchev–Trinajstić information content (AvgIpc) is 3.77. The number of carbonyl (C=O) groups is 6. The fourth-order valence-electron chi connectivity index (χ4n) is 2.76. The summed E-state index contributed by atoms with van der Waals surface area (Å²) in [6, 6.07) is -2.63. The second-order valence-electron chi connectivity index (χ2n) is 8.68. The maximum Gasteiger partial charge on any atom is 0.362 e. The molecular formula is C31H54N6O18. The molecule has 0 aliphatic rings. The van der Waals surface area contributed by atoms with E-state index in [1.54, 1.807) is 18.7 Å². The number of aryl methyl sites for hydroxylation is 2. The topological polar surface area (TPSA) is 298 Å². The van der Waals surface area contributed by atoms with Crippen LogP contribution in [-0.4, -0.2) is 163 Å². The Bertz CT molecular complexity index is 1390. The van der Waals surface area contributed by atoms with E-state index in [0.29, 0.717) is 5.88 Å². The van der Waals surface area contributed by atoms with Gasteiger partial charge < -0.3 is 72.1 Å². The molecule has 0 fully saturated rings. The highest BCUT2D eigenvalue weighted by Gasteiger charge is 2.27. The van der Waals surface area contributed by atoms with E-state index in [-0.39, 0.29) is 17.3 Å². The summed E-state index contributed by atoms with van der Waals surface area (Å²) >= 11 is 0. The van der Waals surface area contributed by atoms with Crippen molar-refractivity contribution < 1.29 is 86.0 Å². The lowest BCUT2D eigenvalue weighted by Crippen LogP contribution is -2.40. The van der Waals surface area contributed by atoms with E-state index in [2.05, 4.69) is 62.3 Å². The van der Waals surface area contributed by atoms with Crippen LogP contribution in [0.25, 0.3) is 0 Å². The first-order chi connectivity index (χ1) is 26.0. The van der Waals surface area contributed by atoms with Crippen LogP contribution in [0.5, 0.6) is 11.8 Å². The fraction of sp³-hybridized carbons (Fsp3) is 0.581. The normalized spacial score (nSPS) is 9.51. The average molecular weight is 799 g/mol. The molecule has 0 aliphatic carbocycles. The van der Waals surface area contributed by atoms with Crippen molar-refractivity contribution in [1.82, 2.24) is 19.1 Å². The van der Waals surface area contributed by atoms with Crippen LogP contribution in [0.3, 0.4) is 0 Å². The Kier molecular flexibility index (Phi) is 34.5. The van der Waals surface area contributed by atoms with E-state index in [9.17, 15) is 28.8 Å². The molecule has 0 unspecified atom stereocenters. The molecule has 0 bridgehead atoms. The Morgan fingerprint density at radius 3 is 1.33 bits per heavy atom. The van der Waals surface area contributed by atoms with Crippen molar-refractivity contribution in [2.45, 2.75) is 32.4 Å². The summed E-state index contributed by atoms with van der Waals surface area (Å²) in [5, 5.41) is 9.14. The predicted molar refractivity (Wildman–Crippen MR) is 189 cm³/mol. The second kappa shape index (κ2) is 34.0. The number of imidazole rings is 2. The molecule has 316 valence electrons. The zero-order valence-corrected chi connectivity index (χ0v) is 33.7. The van der Waals surface area contributed by atoms with Gasteiger partial charge in [-0.2, -0.15) is 0 Å². The van der Waals surface area contributed by atoms with Crippen LogP contribution in [0.4, 0.5) is 0 Å². The van der Waals surface area contributed by atoms with Crippen LogP contribution in [0.1, 0.15) is 34.8 Å². The molecule has 0 radical (unpaired) electrons. The number of esters is 6. The minimum Gasteiger partial charge on any atom is -0.493 e. The molecule has 3 N–H and O–H groups in total. The van der Waals surface area contributed by atoms with Crippen LogP contribution in [0, 0.1) is 0 Å². The van der Waals surface area contributed by atoms with Gasteiger partial charge in [0.25, 0.3) is 6.48 Å². The van der Waals surface area contributed by atoms with Gasteiger partial charge in [0.1, 0.15) is 0 Å². The van der Waals surface area contributed by atoms with Gasteiger partial charge in [-0.1, -0.05) is 13.8 Å². The molecule has 24 heteroatoms. The smallest absolute Gasteiger partial charge is 0.362 e. The fourth-order valence-corrected chi connectivity index (χ4v) is 2.76. The first-order valence-electron chi connectivity index (χ1n) is 15.1. The number of rotatable bonds is 12. The van der Waals surface area contributed by atoms with E-state index in [1.807, 2.05) is 13.8 Å². The maximum absolute atomic E-state index is 11.0. The van der Waals surface area contributed by atoms with Crippen molar-refractivity contribution in [1.29, 1.82) is 0 Å². The molecule has 0 spiro atoms. The van der Waals surface area contributed by atoms with E-state index >= 15 is 0 Å². The van der Waals surface area contributed by atoms with Crippen LogP contribution < -0.4 is 10.5 Å². The van der Waals surface area contributed by atoms with Crippen LogP contribution in [0.2, 0.25) is 0 Å². The van der Waals surface area contributed by atoms with E-state index in [4.69, 9.17) is 15.6 Å². The summed E-state index contributed by atoms with van der Waals surface area (Å²) < 4.78 is 52.0. The molecule has 0 atom stereocenters. The number of nitrogens with zero attached hydrogens (tertiary/aromatic N) is 5. The minimum atomic E-state index is -1.32. The largest absolute Gasteiger partial charge is 0.493 e. The van der Waals surface area contributed by atoms with E-state index < -0.39 is 54.4 Å². The minimum absolute atomic E-state index is 0.0602. The van der Waals surface area contributed by atoms with Gasteiger partial charge in [-0.05, 0) is 0 Å². The molecule has 0 aliphatic heterocycles. The third kappa shape index (κ3) is 22.1. The van der Waals surface area contributed by atoms with Gasteiger partial charge in [-0.3, -0.25) is 0 Å². The third-order valence-corrected chi connectivity index (χ3v) is 5.39. The summed E-state index contributed by atoms with van der Waals surface area (Å²) in [5.41, 5.74) is 5.17. The first-order valence-corrected chi connectivity index (χ1v) is 15.1. The van der Waals surface area contributed by atoms with Crippen LogP contribution in [0.15, 0.2) is 17.6 Å². The molecule has 24 nitrogen and oxygen atoms in total. The van der Waals surface area contributed by atoms with Crippen molar-refractivity contribution in [2.24, 2.45) is 24.8 Å². The van der Waals surface area contributed by atoms with Crippen molar-refractivity contribution in [3.05, 3.63) is 24.0 Å². The van der Waals surface area contributed by atoms with Gasteiger partial charge in [0.05, 0.1) is 69.5 Å². The summed E-state index contributed by atoms with van der Waals surface area (Å²) in [4.78, 5) is 75.5. The maximum atomic E-state index is 11.0. The molecule has 0 amide bonds. The number of nitrogens with two attached hydrogens (primary N) is 1. The quantitative estimate of drug-likeness (QED) is 0.0676. The Hall–Kier alpha value is -5.85. The van der Waals surface area contributed by atoms with Crippen molar-refractivity contribution in [2.75, 3.05) is 78.2 Å². The highest BCUT2D eigenvalue weighted by Crippen LogP contribution is 2.15. The summed E-state index contributed by atoms with van der Waals surface area (Å²) in [6.45, 7) is 3.49. The Labute approximate surface area is 318 Å². The molecular weight excluding hydrogens is 744 g/mol. The number of hydrogen-bond donors (Lipinski definition) is 2. The number of aromatic nitrogens is 4. The number of aliphatic imine (C=N–C) groups is 1. The molecule has 2 aromatic heterocycles. The molecule has 2 heterocycles.